The van der Waals surface area contributed by atoms with Crippen LogP contribution in [-0.4, -0.2) is 41.3 Å². The minimum absolute atomic E-state index is 0.00722. The summed E-state index contributed by atoms with van der Waals surface area (Å²) >= 11 is 0. The topological polar surface area (TPSA) is 40.5 Å². The molecule has 2 rings (SSSR count). The van der Waals surface area contributed by atoms with Crippen LogP contribution in [0.25, 0.3) is 0 Å². The fraction of sp³-hybridized carbons (Fsp3) is 0.917. The van der Waals surface area contributed by atoms with Crippen LogP contribution in [0, 0.1) is 11.8 Å². The van der Waals surface area contributed by atoms with Gasteiger partial charge < -0.3 is 5.11 Å². The van der Waals surface area contributed by atoms with Crippen molar-refractivity contribution < 1.29 is 23.1 Å². The number of likely N-dealkylation sites (tertiary alicyclic amines) is 1. The zero-order valence-corrected chi connectivity index (χ0v) is 10.1. The van der Waals surface area contributed by atoms with Crippen LogP contribution in [0.5, 0.6) is 0 Å². The van der Waals surface area contributed by atoms with Gasteiger partial charge in [0.1, 0.15) is 6.04 Å². The maximum Gasteiger partial charge on any atom is 0.389 e. The van der Waals surface area contributed by atoms with Gasteiger partial charge in [0.15, 0.2) is 0 Å². The summed E-state index contributed by atoms with van der Waals surface area (Å²) in [5.41, 5.74) is 0. The van der Waals surface area contributed by atoms with Crippen molar-refractivity contribution in [3.63, 3.8) is 0 Å². The predicted molar refractivity (Wildman–Crippen MR) is 59.1 cm³/mol. The van der Waals surface area contributed by atoms with Crippen molar-refractivity contribution in [2.45, 2.75) is 44.3 Å². The normalized spacial score (nSPS) is 32.7. The Morgan fingerprint density at radius 2 is 2.06 bits per heavy atom. The Morgan fingerprint density at radius 1 is 1.33 bits per heavy atom. The lowest BCUT2D eigenvalue weighted by atomic mass is 9.94. The second-order valence-corrected chi connectivity index (χ2v) is 5.35. The minimum atomic E-state index is -4.14. The van der Waals surface area contributed by atoms with E-state index in [4.69, 9.17) is 0 Å². The van der Waals surface area contributed by atoms with Gasteiger partial charge in [-0.2, -0.15) is 13.2 Å². The summed E-state index contributed by atoms with van der Waals surface area (Å²) < 4.78 is 36.2. The van der Waals surface area contributed by atoms with Crippen LogP contribution in [0.4, 0.5) is 13.2 Å². The fourth-order valence-corrected chi connectivity index (χ4v) is 3.45. The van der Waals surface area contributed by atoms with Gasteiger partial charge in [0.05, 0.1) is 0 Å². The van der Waals surface area contributed by atoms with Gasteiger partial charge in [-0.15, -0.1) is 0 Å². The van der Waals surface area contributed by atoms with Crippen LogP contribution < -0.4 is 0 Å². The molecule has 3 unspecified atom stereocenters. The van der Waals surface area contributed by atoms with Gasteiger partial charge in [0.25, 0.3) is 0 Å². The summed E-state index contributed by atoms with van der Waals surface area (Å²) in [5, 5.41) is 9.23. The highest BCUT2D eigenvalue weighted by Gasteiger charge is 2.47. The summed E-state index contributed by atoms with van der Waals surface area (Å²) in [6.07, 6.45) is -2.01. The molecule has 1 heterocycles. The second-order valence-electron chi connectivity index (χ2n) is 5.35. The van der Waals surface area contributed by atoms with E-state index < -0.39 is 24.6 Å². The van der Waals surface area contributed by atoms with E-state index in [0.29, 0.717) is 12.5 Å². The Bertz CT molecular complexity index is 319. The first kappa shape index (κ1) is 13.6. The van der Waals surface area contributed by atoms with Crippen LogP contribution in [0.15, 0.2) is 0 Å². The van der Waals surface area contributed by atoms with Crippen LogP contribution in [-0.2, 0) is 4.79 Å². The lowest BCUT2D eigenvalue weighted by Crippen LogP contribution is -2.40. The number of carboxylic acids is 1. The molecule has 18 heavy (non-hydrogen) atoms. The van der Waals surface area contributed by atoms with Crippen molar-refractivity contribution in [3.8, 4) is 0 Å². The second kappa shape index (κ2) is 5.07. The number of aliphatic carboxylic acids is 1. The van der Waals surface area contributed by atoms with Crippen LogP contribution in [0.3, 0.4) is 0 Å². The molecule has 0 amide bonds. The Kier molecular flexibility index (Phi) is 3.84. The van der Waals surface area contributed by atoms with Crippen molar-refractivity contribution in [2.75, 3.05) is 13.1 Å². The summed E-state index contributed by atoms with van der Waals surface area (Å²) in [6, 6.07) is -0.564. The SMILES string of the molecule is O=C(O)C1C2CCCC2CN1CCCC(F)(F)F. The number of rotatable bonds is 4. The van der Waals surface area contributed by atoms with E-state index in [-0.39, 0.29) is 18.9 Å². The number of halogens is 3. The number of hydrogen-bond donors (Lipinski definition) is 1. The molecule has 0 aromatic heterocycles. The van der Waals surface area contributed by atoms with Gasteiger partial charge >= 0.3 is 12.1 Å². The van der Waals surface area contributed by atoms with Gasteiger partial charge in [-0.3, -0.25) is 9.69 Å². The maximum absolute atomic E-state index is 12.1. The number of hydrogen-bond acceptors (Lipinski definition) is 2. The Labute approximate surface area is 104 Å². The highest BCUT2D eigenvalue weighted by molar-refractivity contribution is 5.74. The predicted octanol–water partition coefficient (Wildman–Crippen LogP) is 2.51. The summed E-state index contributed by atoms with van der Waals surface area (Å²) in [4.78, 5) is 13.0. The van der Waals surface area contributed by atoms with Gasteiger partial charge in [0.2, 0.25) is 0 Å². The van der Waals surface area contributed by atoms with E-state index in [1.54, 1.807) is 4.90 Å². The molecule has 1 aliphatic heterocycles. The van der Waals surface area contributed by atoms with E-state index in [1.807, 2.05) is 0 Å². The molecule has 1 aliphatic carbocycles. The highest BCUT2D eigenvalue weighted by atomic mass is 19.4. The molecule has 0 radical (unpaired) electrons. The molecule has 3 nitrogen and oxygen atoms in total. The third-order valence-electron chi connectivity index (χ3n) is 4.14. The van der Waals surface area contributed by atoms with E-state index in [0.717, 1.165) is 19.3 Å². The average Bonchev–Trinajstić information content (AvgIpc) is 2.73. The van der Waals surface area contributed by atoms with E-state index in [1.165, 1.54) is 0 Å². The molecule has 0 spiro atoms. The van der Waals surface area contributed by atoms with Crippen molar-refractivity contribution in [3.05, 3.63) is 0 Å². The lowest BCUT2D eigenvalue weighted by Gasteiger charge is -2.24. The molecular weight excluding hydrogens is 247 g/mol. The molecule has 1 saturated carbocycles. The lowest BCUT2D eigenvalue weighted by molar-refractivity contribution is -0.144. The first-order chi connectivity index (χ1) is 8.38. The van der Waals surface area contributed by atoms with E-state index in [2.05, 4.69) is 0 Å². The third-order valence-corrected chi connectivity index (χ3v) is 4.14. The smallest absolute Gasteiger partial charge is 0.389 e. The first-order valence-corrected chi connectivity index (χ1v) is 6.42. The van der Waals surface area contributed by atoms with Gasteiger partial charge in [-0.05, 0) is 37.6 Å². The van der Waals surface area contributed by atoms with Crippen molar-refractivity contribution in [1.82, 2.24) is 4.90 Å². The van der Waals surface area contributed by atoms with Gasteiger partial charge in [-0.1, -0.05) is 6.42 Å². The summed E-state index contributed by atoms with van der Waals surface area (Å²) in [6.45, 7) is 0.892. The van der Waals surface area contributed by atoms with Crippen molar-refractivity contribution in [2.24, 2.45) is 11.8 Å². The first-order valence-electron chi connectivity index (χ1n) is 6.42. The molecule has 6 heteroatoms. The van der Waals surface area contributed by atoms with Crippen molar-refractivity contribution >= 4 is 5.97 Å². The molecule has 104 valence electrons. The quantitative estimate of drug-likeness (QED) is 0.849. The maximum atomic E-state index is 12.1. The molecule has 2 fully saturated rings. The Balaban J connectivity index is 1.90. The van der Waals surface area contributed by atoms with Crippen LogP contribution in [0.1, 0.15) is 32.1 Å². The van der Waals surface area contributed by atoms with E-state index in [9.17, 15) is 23.1 Å². The standard InChI is InChI=1S/C12H18F3NO2/c13-12(14,15)5-2-6-16-7-8-3-1-4-9(8)10(16)11(17)18/h8-10H,1-7H2,(H,17,18). The molecule has 3 atom stereocenters. The third kappa shape index (κ3) is 2.96. The molecule has 0 aromatic rings. The van der Waals surface area contributed by atoms with Gasteiger partial charge in [-0.25, -0.2) is 0 Å². The van der Waals surface area contributed by atoms with Gasteiger partial charge in [0, 0.05) is 13.0 Å². The van der Waals surface area contributed by atoms with Crippen LogP contribution in [0.2, 0.25) is 0 Å². The molecule has 1 N–H and O–H groups in total. The molecule has 1 saturated heterocycles. The summed E-state index contributed by atoms with van der Waals surface area (Å²) in [7, 11) is 0. The minimum Gasteiger partial charge on any atom is -0.480 e. The average molecular weight is 265 g/mol. The largest absolute Gasteiger partial charge is 0.480 e. The van der Waals surface area contributed by atoms with E-state index >= 15 is 0 Å². The Morgan fingerprint density at radius 3 is 2.67 bits per heavy atom. The molecule has 2 aliphatic rings. The number of carbonyl (C=O) groups is 1. The number of nitrogens with zero attached hydrogens (tertiary/aromatic N) is 1. The number of carboxylic acid groups (broad SMARTS) is 1. The molecule has 0 bridgehead atoms. The van der Waals surface area contributed by atoms with Crippen LogP contribution >= 0.6 is 0 Å². The summed E-state index contributed by atoms with van der Waals surface area (Å²) in [5.74, 6) is -0.359. The number of fused-ring (bicyclic) bond motifs is 1. The monoisotopic (exact) mass is 265 g/mol. The molecule has 0 aromatic carbocycles. The Hall–Kier alpha value is -0.780. The fourth-order valence-electron chi connectivity index (χ4n) is 3.45. The zero-order chi connectivity index (χ0) is 13.3. The number of alkyl halides is 3. The zero-order valence-electron chi connectivity index (χ0n) is 10.1. The highest BCUT2D eigenvalue weighted by Crippen LogP contribution is 2.42. The van der Waals surface area contributed by atoms with Crippen molar-refractivity contribution in [1.29, 1.82) is 0 Å². The molecular formula is C12H18F3NO2.